The second-order valence-electron chi connectivity index (χ2n) is 5.95. The first-order valence-corrected chi connectivity index (χ1v) is 11.9. The summed E-state index contributed by atoms with van der Waals surface area (Å²) in [4.78, 5) is 0. The molecule has 26 heteroatoms. The van der Waals surface area contributed by atoms with Gasteiger partial charge in [0, 0.05) is 115 Å². The molecule has 4 radical (unpaired) electrons. The molecule has 0 aromatic heterocycles. The summed E-state index contributed by atoms with van der Waals surface area (Å²) >= 11 is 0. The molecule has 0 aliphatic carbocycles. The number of unbranched alkanes of at least 4 members (excludes halogenated alkanes) is 3. The maximum absolute atomic E-state index is 9.75. The molecule has 2 rings (SSSR count). The van der Waals surface area contributed by atoms with Gasteiger partial charge in [0.15, 0.2) is 0 Å². The van der Waals surface area contributed by atoms with Gasteiger partial charge in [0.2, 0.25) is 0 Å². The zero-order chi connectivity index (χ0) is 48.3. The van der Waals surface area contributed by atoms with Gasteiger partial charge in [-0.2, -0.15) is 0 Å². The van der Waals surface area contributed by atoms with Crippen LogP contribution in [0.3, 0.4) is 0 Å². The molecule has 0 amide bonds. The molecule has 0 saturated heterocycles. The second kappa shape index (κ2) is 139. The van der Waals surface area contributed by atoms with Gasteiger partial charge in [-0.25, -0.2) is 0 Å². The average Bonchev–Trinajstić information content (AvgIpc) is 3.27. The third-order valence-electron chi connectivity index (χ3n) is 3.13. The zero-order valence-electron chi connectivity index (χ0n) is 29.2. The van der Waals surface area contributed by atoms with Crippen LogP contribution in [0.1, 0.15) is 36.8 Å². The van der Waals surface area contributed by atoms with Crippen molar-refractivity contribution in [2.24, 2.45) is 0 Å². The quantitative estimate of drug-likeness (QED) is 0.0722. The zero-order valence-corrected chi connectivity index (χ0v) is 33.3. The number of rotatable bonds is 5. The Hall–Kier alpha value is -4.22. The molecule has 2 aromatic rings. The Balaban J connectivity index is -0.0000000275. The predicted molar refractivity (Wildman–Crippen MR) is 161 cm³/mol. The smallest absolute Gasteiger partial charge is 0 e. The number of halogens is 8. The van der Waals surface area contributed by atoms with E-state index in [9.17, 15) is 34.5 Å². The molecular weight excluding hydrogens is 1010 g/mol. The van der Waals surface area contributed by atoms with Crippen LogP contribution in [0, 0.1) is 116 Å². The Labute approximate surface area is 383 Å². The van der Waals surface area contributed by atoms with Gasteiger partial charge in [-0.1, -0.05) is 0 Å². The summed E-state index contributed by atoms with van der Waals surface area (Å²) in [6.07, 6.45) is 8.02. The minimum absolute atomic E-state index is 0. The van der Waals surface area contributed by atoms with E-state index >= 15 is 0 Å². The van der Waals surface area contributed by atoms with Crippen molar-refractivity contribution >= 4 is 14.5 Å². The molecule has 2 aromatic carbocycles. The maximum atomic E-state index is 9.75. The molecule has 60 heavy (non-hydrogen) atoms. The molecule has 0 atom stereocenters. The largest absolute Gasteiger partial charge is 0 e. The van der Waals surface area contributed by atoms with E-state index in [1.807, 2.05) is 49.2 Å². The fraction of sp³-hybridized carbons (Fsp3) is 0.118. The van der Waals surface area contributed by atoms with Crippen LogP contribution in [0.2, 0.25) is 0 Å². The van der Waals surface area contributed by atoms with Crippen molar-refractivity contribution in [3.8, 4) is 23.7 Å². The van der Waals surface area contributed by atoms with Crippen molar-refractivity contribution < 1.29 is 157 Å². The van der Waals surface area contributed by atoms with E-state index in [1.165, 1.54) is 0 Å². The third kappa shape index (κ3) is 244. The van der Waals surface area contributed by atoms with E-state index in [4.69, 9.17) is 55.8 Å². The monoisotopic (exact) mass is 1030 g/mol. The summed E-state index contributed by atoms with van der Waals surface area (Å²) in [7, 11) is -12.0. The van der Waals surface area contributed by atoms with Crippen LogP contribution in [-0.4, -0.2) is 14.5 Å². The van der Waals surface area contributed by atoms with Crippen molar-refractivity contribution in [1.29, 1.82) is 0 Å². The van der Waals surface area contributed by atoms with Gasteiger partial charge in [-0.05, 0) is 49.2 Å². The molecule has 326 valence electrons. The fourth-order valence-corrected chi connectivity index (χ4v) is 1.94. The molecule has 0 N–H and O–H groups in total. The number of hydrogen-bond donors (Lipinski definition) is 0. The van der Waals surface area contributed by atoms with Gasteiger partial charge in [-0.3, -0.25) is 0 Å². The third-order valence-corrected chi connectivity index (χ3v) is 3.13. The molecule has 0 aliphatic rings. The van der Waals surface area contributed by atoms with Gasteiger partial charge in [0.1, 0.15) is 11.1 Å². The Morgan fingerprint density at radius 2 is 0.500 bits per heavy atom. The second-order valence-corrected chi connectivity index (χ2v) is 5.95. The van der Waals surface area contributed by atoms with Crippen molar-refractivity contribution in [3.63, 3.8) is 0 Å². The van der Waals surface area contributed by atoms with E-state index in [1.54, 1.807) is 0 Å². The van der Waals surface area contributed by atoms with E-state index in [2.05, 4.69) is 128 Å². The van der Waals surface area contributed by atoms with Crippen LogP contribution in [0.4, 0.5) is 34.5 Å². The van der Waals surface area contributed by atoms with Crippen molar-refractivity contribution in [2.75, 3.05) is 0 Å². The molecule has 0 saturated carbocycles. The molecule has 0 spiro atoms. The molecule has 0 heterocycles. The van der Waals surface area contributed by atoms with E-state index in [0.29, 0.717) is 0 Å². The van der Waals surface area contributed by atoms with Gasteiger partial charge < -0.3 is 34.5 Å². The van der Waals surface area contributed by atoms with Crippen LogP contribution >= 0.6 is 0 Å². The van der Waals surface area contributed by atoms with Crippen LogP contribution in [0.5, 0.6) is 0 Å². The van der Waals surface area contributed by atoms with Crippen LogP contribution in [0.15, 0.2) is 60.7 Å². The molecule has 12 nitrogen and oxygen atoms in total. The molecular formula is C34H20B2Co4F8O12. The summed E-state index contributed by atoms with van der Waals surface area (Å²) in [5.41, 5.74) is 2.33. The minimum Gasteiger partial charge on any atom is 0 e. The van der Waals surface area contributed by atoms with Gasteiger partial charge in [-0.15, -0.1) is 0 Å². The summed E-state index contributed by atoms with van der Waals surface area (Å²) in [6, 6.07) is 20.4. The first kappa shape index (κ1) is 111. The number of benzene rings is 2. The number of hydrogen-bond acceptors (Lipinski definition) is 0. The minimum atomic E-state index is -6.00. The van der Waals surface area contributed by atoms with Gasteiger partial charge in [0.25, 0.3) is 0 Å². The summed E-state index contributed by atoms with van der Waals surface area (Å²) in [5.74, 6) is 12.6. The van der Waals surface area contributed by atoms with Crippen molar-refractivity contribution in [1.82, 2.24) is 0 Å². The first-order chi connectivity index (χ1) is 26.9. The molecule has 0 fully saturated rings. The summed E-state index contributed by atoms with van der Waals surface area (Å²) in [5, 5.41) is 0. The van der Waals surface area contributed by atoms with Crippen molar-refractivity contribution in [3.05, 3.63) is 164 Å². The van der Waals surface area contributed by atoms with Crippen LogP contribution in [0.25, 0.3) is 0 Å². The molecule has 0 aliphatic heterocycles. The summed E-state index contributed by atoms with van der Waals surface area (Å²) < 4.78 is 168. The Morgan fingerprint density at radius 1 is 0.350 bits per heavy atom. The predicted octanol–water partition coefficient (Wildman–Crippen LogP) is 7.20. The van der Waals surface area contributed by atoms with Gasteiger partial charge in [0.05, 0.1) is 25.7 Å². The topological polar surface area (TPSA) is 239 Å². The first-order valence-electron chi connectivity index (χ1n) is 11.9. The van der Waals surface area contributed by atoms with E-state index in [-0.39, 0.29) is 67.1 Å². The molecule has 0 unspecified atom stereocenters. The Morgan fingerprint density at radius 3 is 0.650 bits per heavy atom. The fourth-order valence-electron chi connectivity index (χ4n) is 1.94. The van der Waals surface area contributed by atoms with E-state index < -0.39 is 14.5 Å². The molecule has 0 bridgehead atoms. The standard InChI is InChI=1S/C22H20.12CO.2BF4.4Co/c1(3-5-9-15-21-17-11-7-12-18-21)2-4-6-10-16-22-19-13-8-14-20-22;12*1-2;2*2-1(3,4)5;;;;/h7-8,11-20H,1-4H2;;;;;;;;;;;;;;;;;;/q+2;;;;;;;;;;;;;2*-1;;;;. The van der Waals surface area contributed by atoms with Crippen LogP contribution < -0.4 is 0 Å². The van der Waals surface area contributed by atoms with Gasteiger partial charge >= 0.3 is 150 Å². The van der Waals surface area contributed by atoms with Crippen LogP contribution in [-0.2, 0) is 123 Å². The Kier molecular flexibility index (Phi) is 258. The van der Waals surface area contributed by atoms with Crippen molar-refractivity contribution in [2.45, 2.75) is 25.7 Å². The average molecular weight is 1030 g/mol. The summed E-state index contributed by atoms with van der Waals surface area (Å²) in [6.45, 7) is 54.0. The SMILES string of the molecule is C(#CCCCCC#C[CH+]c1ccccc1)[CH+]c1ccccc1.F[B-](F)(F)F.F[B-](F)(F)F.[C-]#[O+].[C-]#[O+].[C-]#[O+].[C-]#[O+].[C-]#[O+].[C-]#[O+].[C-]#[O+].[C-]#[O+].[C-]#[O+].[C-]#[O+].[C-]#[O+].[C-]#[O+].[Co].[Co].[Co].[Co]. The maximum Gasteiger partial charge on any atom is 0 e. The van der Waals surface area contributed by atoms with E-state index in [0.717, 1.165) is 36.8 Å². The Bertz CT molecular complexity index is 1210. The normalized spacial score (nSPS) is 5.67.